The van der Waals surface area contributed by atoms with Crippen LogP contribution in [0.5, 0.6) is 0 Å². The van der Waals surface area contributed by atoms with Crippen molar-refractivity contribution in [3.8, 4) is 0 Å². The molecule has 0 aliphatic heterocycles. The quantitative estimate of drug-likeness (QED) is 0.114. The van der Waals surface area contributed by atoms with Crippen molar-refractivity contribution in [2.75, 3.05) is 13.2 Å². The first-order valence-corrected chi connectivity index (χ1v) is 11.8. The molecule has 1 aliphatic carbocycles. The Labute approximate surface area is 193 Å². The number of carbonyl (C=O) groups is 3. The van der Waals surface area contributed by atoms with E-state index in [-0.39, 0.29) is 18.6 Å². The smallest absolute Gasteiger partial charge is 0.328 e. The molecule has 1 rings (SSSR count). The Morgan fingerprint density at radius 3 is 1.94 bits per heavy atom. The predicted molar refractivity (Wildman–Crippen MR) is 128 cm³/mol. The molecule has 32 heavy (non-hydrogen) atoms. The number of carbonyl (C=O) groups excluding carboxylic acids is 3. The zero-order valence-electron chi connectivity index (χ0n) is 20.4. The van der Waals surface area contributed by atoms with Gasteiger partial charge in [0.05, 0.1) is 13.2 Å². The van der Waals surface area contributed by atoms with E-state index >= 15 is 0 Å². The van der Waals surface area contributed by atoms with Crippen LogP contribution in [0.25, 0.3) is 0 Å². The van der Waals surface area contributed by atoms with Gasteiger partial charge in [0, 0.05) is 0 Å². The number of hydrogen-bond donors (Lipinski definition) is 0. The molecule has 0 spiro atoms. The van der Waals surface area contributed by atoms with E-state index in [1.54, 1.807) is 6.08 Å². The van der Waals surface area contributed by atoms with E-state index in [9.17, 15) is 14.4 Å². The molecule has 0 aromatic carbocycles. The van der Waals surface area contributed by atoms with Gasteiger partial charge in [-0.1, -0.05) is 63.6 Å². The van der Waals surface area contributed by atoms with E-state index in [0.29, 0.717) is 12.8 Å². The number of allylic oxidation sites excluding steroid dienone is 6. The average molecular weight is 445 g/mol. The van der Waals surface area contributed by atoms with E-state index in [1.165, 1.54) is 11.6 Å². The highest BCUT2D eigenvalue weighted by Crippen LogP contribution is 2.40. The van der Waals surface area contributed by atoms with E-state index in [0.717, 1.165) is 37.7 Å². The summed E-state index contributed by atoms with van der Waals surface area (Å²) in [7, 11) is 0. The highest BCUT2D eigenvalue weighted by atomic mass is 16.6. The second-order valence-electron chi connectivity index (χ2n) is 8.77. The van der Waals surface area contributed by atoms with E-state index < -0.39 is 23.6 Å². The second-order valence-corrected chi connectivity index (χ2v) is 8.77. The van der Waals surface area contributed by atoms with Gasteiger partial charge in [0.15, 0.2) is 5.78 Å². The van der Waals surface area contributed by atoms with Gasteiger partial charge in [-0.25, -0.2) is 0 Å². The van der Waals surface area contributed by atoms with Crippen molar-refractivity contribution in [1.82, 2.24) is 0 Å². The minimum atomic E-state index is -1.59. The number of ketones is 1. The molecule has 0 aromatic rings. The summed E-state index contributed by atoms with van der Waals surface area (Å²) < 4.78 is 10.4. The summed E-state index contributed by atoms with van der Waals surface area (Å²) in [6, 6.07) is 0. The lowest BCUT2D eigenvalue weighted by Gasteiger charge is -2.32. The van der Waals surface area contributed by atoms with Crippen LogP contribution in [-0.2, 0) is 23.9 Å². The Balaban J connectivity index is 2.93. The maximum Gasteiger partial charge on any atom is 0.328 e. The molecule has 0 saturated heterocycles. The van der Waals surface area contributed by atoms with Crippen molar-refractivity contribution in [2.24, 2.45) is 11.3 Å². The van der Waals surface area contributed by atoms with Gasteiger partial charge in [-0.2, -0.15) is 0 Å². The fourth-order valence-electron chi connectivity index (χ4n) is 3.79. The molecule has 0 unspecified atom stereocenters. The molecule has 0 aromatic heterocycles. The molecule has 0 atom stereocenters. The van der Waals surface area contributed by atoms with Crippen LogP contribution in [-0.4, -0.2) is 30.9 Å². The first-order chi connectivity index (χ1) is 15.2. The molecule has 178 valence electrons. The van der Waals surface area contributed by atoms with Gasteiger partial charge in [0.2, 0.25) is 5.92 Å². The molecule has 0 saturated carbocycles. The normalized spacial score (nSPS) is 16.4. The first kappa shape index (κ1) is 27.6. The van der Waals surface area contributed by atoms with Crippen LogP contribution in [0.4, 0.5) is 0 Å². The molecule has 0 radical (unpaired) electrons. The maximum absolute atomic E-state index is 12.9. The first-order valence-electron chi connectivity index (χ1n) is 11.8. The van der Waals surface area contributed by atoms with Crippen molar-refractivity contribution in [2.45, 2.75) is 79.6 Å². The fraction of sp³-hybridized carbons (Fsp3) is 0.593. The van der Waals surface area contributed by atoms with E-state index in [1.807, 2.05) is 38.2 Å². The number of ether oxygens (including phenoxy) is 2. The molecule has 1 aliphatic rings. The van der Waals surface area contributed by atoms with E-state index in [4.69, 9.17) is 9.47 Å². The van der Waals surface area contributed by atoms with Crippen LogP contribution < -0.4 is 0 Å². The molecule has 0 bridgehead atoms. The van der Waals surface area contributed by atoms with Gasteiger partial charge < -0.3 is 9.47 Å². The van der Waals surface area contributed by atoms with Crippen LogP contribution in [0.15, 0.2) is 47.6 Å². The van der Waals surface area contributed by atoms with Crippen molar-refractivity contribution in [3.63, 3.8) is 0 Å². The van der Waals surface area contributed by atoms with Gasteiger partial charge in [-0.3, -0.25) is 14.4 Å². The third-order valence-electron chi connectivity index (χ3n) is 5.58. The fourth-order valence-corrected chi connectivity index (χ4v) is 3.79. The lowest BCUT2D eigenvalue weighted by atomic mass is 9.72. The highest BCUT2D eigenvalue weighted by Gasteiger charge is 2.36. The topological polar surface area (TPSA) is 69.7 Å². The van der Waals surface area contributed by atoms with Gasteiger partial charge in [0.25, 0.3) is 0 Å². The van der Waals surface area contributed by atoms with Crippen LogP contribution in [0.2, 0.25) is 0 Å². The SMILES string of the molecule is CC/C=C/CCOC(=O)C(C(=O)/C=C/C1=C(C)CCCC1(C)C)C(=O)OCC/C=C/CC. The second kappa shape index (κ2) is 14.6. The lowest BCUT2D eigenvalue weighted by Crippen LogP contribution is -2.34. The van der Waals surface area contributed by atoms with E-state index in [2.05, 4.69) is 20.8 Å². The molecule has 5 heteroatoms. The van der Waals surface area contributed by atoms with Gasteiger partial charge in [-0.15, -0.1) is 0 Å². The van der Waals surface area contributed by atoms with Crippen molar-refractivity contribution >= 4 is 17.7 Å². The van der Waals surface area contributed by atoms with Crippen molar-refractivity contribution < 1.29 is 23.9 Å². The predicted octanol–water partition coefficient (Wildman–Crippen LogP) is 6.05. The molecular weight excluding hydrogens is 404 g/mol. The molecule has 5 nitrogen and oxygen atoms in total. The summed E-state index contributed by atoms with van der Waals surface area (Å²) in [5.41, 5.74) is 2.27. The van der Waals surface area contributed by atoms with Crippen molar-refractivity contribution in [3.05, 3.63) is 47.6 Å². The summed E-state index contributed by atoms with van der Waals surface area (Å²) in [6.45, 7) is 10.6. The number of rotatable bonds is 13. The average Bonchev–Trinajstić information content (AvgIpc) is 2.72. The maximum atomic E-state index is 12.9. The molecule has 0 N–H and O–H groups in total. The molecule has 0 amide bonds. The van der Waals surface area contributed by atoms with Crippen molar-refractivity contribution in [1.29, 1.82) is 0 Å². The van der Waals surface area contributed by atoms with Gasteiger partial charge >= 0.3 is 11.9 Å². The summed E-state index contributed by atoms with van der Waals surface area (Å²) in [5.74, 6) is -3.90. The minimum Gasteiger partial charge on any atom is -0.464 e. The summed E-state index contributed by atoms with van der Waals surface area (Å²) in [6.07, 6.45) is 16.8. The Kier molecular flexibility index (Phi) is 12.6. The van der Waals surface area contributed by atoms with Crippen LogP contribution >= 0.6 is 0 Å². The Morgan fingerprint density at radius 1 is 0.938 bits per heavy atom. The van der Waals surface area contributed by atoms with Crippen LogP contribution in [0, 0.1) is 11.3 Å². The summed E-state index contributed by atoms with van der Waals surface area (Å²) in [5, 5.41) is 0. The number of hydrogen-bond acceptors (Lipinski definition) is 5. The lowest BCUT2D eigenvalue weighted by molar-refractivity contribution is -0.163. The molecular formula is C27H40O5. The molecule has 0 heterocycles. The Hall–Kier alpha value is -2.43. The zero-order valence-corrected chi connectivity index (χ0v) is 20.4. The van der Waals surface area contributed by atoms with Gasteiger partial charge in [0.1, 0.15) is 0 Å². The summed E-state index contributed by atoms with van der Waals surface area (Å²) in [4.78, 5) is 38.1. The third-order valence-corrected chi connectivity index (χ3v) is 5.58. The Morgan fingerprint density at radius 2 is 1.47 bits per heavy atom. The largest absolute Gasteiger partial charge is 0.464 e. The standard InChI is InChI=1S/C27H40O5/c1-6-8-10-12-19-31-25(29)24(26(30)32-20-13-11-9-7-2)23(28)17-16-22-21(3)15-14-18-27(22,4)5/h8-11,16-17,24H,6-7,12-15,18-20H2,1-5H3/b10-8+,11-9+,17-16+. The molecule has 0 fully saturated rings. The number of esters is 2. The van der Waals surface area contributed by atoms with Crippen LogP contribution in [0.3, 0.4) is 0 Å². The Bertz CT molecular complexity index is 720. The van der Waals surface area contributed by atoms with Crippen LogP contribution in [0.1, 0.15) is 79.6 Å². The minimum absolute atomic E-state index is 0.0488. The van der Waals surface area contributed by atoms with Gasteiger partial charge in [-0.05, 0) is 68.9 Å². The highest BCUT2D eigenvalue weighted by molar-refractivity contribution is 6.18. The zero-order chi connectivity index (χ0) is 24.0. The summed E-state index contributed by atoms with van der Waals surface area (Å²) >= 11 is 0. The third kappa shape index (κ3) is 9.37. The monoisotopic (exact) mass is 444 g/mol.